The molecule has 0 spiro atoms. The van der Waals surface area contributed by atoms with Gasteiger partial charge in [-0.3, -0.25) is 0 Å². The Labute approximate surface area is 90.2 Å². The van der Waals surface area contributed by atoms with E-state index in [9.17, 15) is 0 Å². The van der Waals surface area contributed by atoms with Gasteiger partial charge in [-0.05, 0) is 37.4 Å². The molecule has 1 aliphatic rings. The van der Waals surface area contributed by atoms with Gasteiger partial charge in [0, 0.05) is 5.56 Å². The maximum absolute atomic E-state index is 5.58. The molecular weight excluding hydrogens is 190 g/mol. The minimum atomic E-state index is 0.334. The molecule has 0 fully saturated rings. The summed E-state index contributed by atoms with van der Waals surface area (Å²) in [6, 6.07) is 4.18. The van der Waals surface area contributed by atoms with Gasteiger partial charge in [-0.25, -0.2) is 0 Å². The highest BCUT2D eigenvalue weighted by atomic mass is 16.7. The molecular formula is C12H17NO2. The lowest BCUT2D eigenvalue weighted by atomic mass is 9.95. The lowest BCUT2D eigenvalue weighted by molar-refractivity contribution is 0.173. The Morgan fingerprint density at radius 2 is 2.20 bits per heavy atom. The van der Waals surface area contributed by atoms with E-state index < -0.39 is 0 Å². The number of aryl methyl sites for hydroxylation is 1. The van der Waals surface area contributed by atoms with Crippen LogP contribution in [0.4, 0.5) is 0 Å². The van der Waals surface area contributed by atoms with Gasteiger partial charge < -0.3 is 15.2 Å². The molecule has 1 atom stereocenters. The fourth-order valence-electron chi connectivity index (χ4n) is 1.95. The minimum Gasteiger partial charge on any atom is -0.454 e. The van der Waals surface area contributed by atoms with E-state index in [4.69, 9.17) is 15.2 Å². The molecule has 0 radical (unpaired) electrons. The van der Waals surface area contributed by atoms with E-state index in [1.165, 1.54) is 11.1 Å². The number of hydrogen-bond donors (Lipinski definition) is 1. The van der Waals surface area contributed by atoms with Crippen molar-refractivity contribution in [1.29, 1.82) is 0 Å². The van der Waals surface area contributed by atoms with Crippen molar-refractivity contribution in [3.63, 3.8) is 0 Å². The monoisotopic (exact) mass is 207 g/mol. The molecule has 0 aromatic heterocycles. The summed E-state index contributed by atoms with van der Waals surface area (Å²) in [7, 11) is 0. The van der Waals surface area contributed by atoms with Crippen molar-refractivity contribution in [2.45, 2.75) is 26.2 Å². The van der Waals surface area contributed by atoms with Crippen LogP contribution < -0.4 is 15.2 Å². The molecule has 0 aliphatic carbocycles. The summed E-state index contributed by atoms with van der Waals surface area (Å²) < 4.78 is 10.9. The molecule has 0 amide bonds. The number of benzene rings is 1. The SMILES string of the molecule is Cc1cc2c(c(C(C)CCN)c1)OCO2. The molecule has 0 saturated heterocycles. The third-order valence-corrected chi connectivity index (χ3v) is 2.78. The number of hydrogen-bond acceptors (Lipinski definition) is 3. The fourth-order valence-corrected chi connectivity index (χ4v) is 1.95. The molecule has 1 aromatic rings. The van der Waals surface area contributed by atoms with E-state index in [0.29, 0.717) is 19.3 Å². The lowest BCUT2D eigenvalue weighted by Gasteiger charge is -2.14. The third kappa shape index (κ3) is 1.92. The van der Waals surface area contributed by atoms with Gasteiger partial charge in [0.15, 0.2) is 11.5 Å². The first-order valence-electron chi connectivity index (χ1n) is 5.32. The van der Waals surface area contributed by atoms with Crippen molar-refractivity contribution in [3.8, 4) is 11.5 Å². The van der Waals surface area contributed by atoms with Crippen LogP contribution in [-0.4, -0.2) is 13.3 Å². The van der Waals surface area contributed by atoms with Gasteiger partial charge in [0.1, 0.15) is 0 Å². The second-order valence-electron chi connectivity index (χ2n) is 4.07. The van der Waals surface area contributed by atoms with Gasteiger partial charge in [-0.15, -0.1) is 0 Å². The smallest absolute Gasteiger partial charge is 0.231 e. The lowest BCUT2D eigenvalue weighted by Crippen LogP contribution is -2.05. The highest BCUT2D eigenvalue weighted by Gasteiger charge is 2.21. The quantitative estimate of drug-likeness (QED) is 0.826. The van der Waals surface area contributed by atoms with Crippen LogP contribution in [0.1, 0.15) is 30.4 Å². The second kappa shape index (κ2) is 4.11. The zero-order valence-electron chi connectivity index (χ0n) is 9.25. The topological polar surface area (TPSA) is 44.5 Å². The molecule has 1 aromatic carbocycles. The number of fused-ring (bicyclic) bond motifs is 1. The summed E-state index contributed by atoms with van der Waals surface area (Å²) in [5, 5.41) is 0. The molecule has 2 rings (SSSR count). The Kier molecular flexibility index (Phi) is 2.82. The maximum atomic E-state index is 5.58. The summed E-state index contributed by atoms with van der Waals surface area (Å²) in [6.45, 7) is 5.27. The van der Waals surface area contributed by atoms with Crippen LogP contribution in [0.15, 0.2) is 12.1 Å². The minimum absolute atomic E-state index is 0.334. The first kappa shape index (κ1) is 10.3. The molecule has 0 saturated carbocycles. The van der Waals surface area contributed by atoms with Crippen LogP contribution in [0.2, 0.25) is 0 Å². The Hall–Kier alpha value is -1.22. The first-order valence-corrected chi connectivity index (χ1v) is 5.32. The van der Waals surface area contributed by atoms with E-state index >= 15 is 0 Å². The standard InChI is InChI=1S/C12H17NO2/c1-8-5-10(9(2)3-4-13)12-11(6-8)14-7-15-12/h5-6,9H,3-4,7,13H2,1-2H3. The van der Waals surface area contributed by atoms with Crippen molar-refractivity contribution in [2.75, 3.05) is 13.3 Å². The first-order chi connectivity index (χ1) is 7.22. The van der Waals surface area contributed by atoms with Gasteiger partial charge >= 0.3 is 0 Å². The molecule has 3 heteroatoms. The Balaban J connectivity index is 2.37. The molecule has 1 aliphatic heterocycles. The summed E-state index contributed by atoms with van der Waals surface area (Å²) in [5.74, 6) is 2.20. The van der Waals surface area contributed by atoms with Crippen LogP contribution in [-0.2, 0) is 0 Å². The maximum Gasteiger partial charge on any atom is 0.231 e. The molecule has 15 heavy (non-hydrogen) atoms. The zero-order chi connectivity index (χ0) is 10.8. The van der Waals surface area contributed by atoms with E-state index in [0.717, 1.165) is 17.9 Å². The van der Waals surface area contributed by atoms with Gasteiger partial charge in [-0.2, -0.15) is 0 Å². The Morgan fingerprint density at radius 3 is 2.93 bits per heavy atom. The van der Waals surface area contributed by atoms with Gasteiger partial charge in [0.05, 0.1) is 0 Å². The fraction of sp³-hybridized carbons (Fsp3) is 0.500. The molecule has 1 unspecified atom stereocenters. The highest BCUT2D eigenvalue weighted by molar-refractivity contribution is 5.52. The summed E-state index contributed by atoms with van der Waals surface area (Å²) in [6.07, 6.45) is 0.971. The van der Waals surface area contributed by atoms with E-state index in [2.05, 4.69) is 19.9 Å². The van der Waals surface area contributed by atoms with Crippen LogP contribution >= 0.6 is 0 Å². The Bertz CT molecular complexity index is 363. The predicted octanol–water partition coefficient (Wildman–Crippen LogP) is 2.18. The average molecular weight is 207 g/mol. The largest absolute Gasteiger partial charge is 0.454 e. The van der Waals surface area contributed by atoms with E-state index in [1.54, 1.807) is 0 Å². The normalized spacial score (nSPS) is 15.4. The molecule has 0 bridgehead atoms. The number of ether oxygens (including phenoxy) is 2. The third-order valence-electron chi connectivity index (χ3n) is 2.78. The molecule has 2 N–H and O–H groups in total. The molecule has 1 heterocycles. The predicted molar refractivity (Wildman–Crippen MR) is 59.4 cm³/mol. The van der Waals surface area contributed by atoms with Crippen LogP contribution in [0, 0.1) is 6.92 Å². The van der Waals surface area contributed by atoms with E-state index in [-0.39, 0.29) is 0 Å². The average Bonchev–Trinajstić information content (AvgIpc) is 2.64. The summed E-state index contributed by atoms with van der Waals surface area (Å²) in [4.78, 5) is 0. The van der Waals surface area contributed by atoms with E-state index in [1.807, 2.05) is 6.07 Å². The molecule has 82 valence electrons. The van der Waals surface area contributed by atoms with Gasteiger partial charge in [0.2, 0.25) is 6.79 Å². The molecule has 3 nitrogen and oxygen atoms in total. The number of rotatable bonds is 3. The van der Waals surface area contributed by atoms with Crippen LogP contribution in [0.5, 0.6) is 11.5 Å². The van der Waals surface area contributed by atoms with Crippen molar-refractivity contribution < 1.29 is 9.47 Å². The van der Waals surface area contributed by atoms with Gasteiger partial charge in [-0.1, -0.05) is 13.0 Å². The number of nitrogens with two attached hydrogens (primary N) is 1. The van der Waals surface area contributed by atoms with Crippen molar-refractivity contribution in [1.82, 2.24) is 0 Å². The summed E-state index contributed by atoms with van der Waals surface area (Å²) >= 11 is 0. The van der Waals surface area contributed by atoms with Crippen molar-refractivity contribution >= 4 is 0 Å². The van der Waals surface area contributed by atoms with Crippen molar-refractivity contribution in [3.05, 3.63) is 23.3 Å². The van der Waals surface area contributed by atoms with Crippen molar-refractivity contribution in [2.24, 2.45) is 5.73 Å². The Morgan fingerprint density at radius 1 is 1.40 bits per heavy atom. The zero-order valence-corrected chi connectivity index (χ0v) is 9.25. The second-order valence-corrected chi connectivity index (χ2v) is 4.07. The summed E-state index contributed by atoms with van der Waals surface area (Å²) in [5.41, 5.74) is 8.00. The van der Waals surface area contributed by atoms with Crippen LogP contribution in [0.25, 0.3) is 0 Å². The highest BCUT2D eigenvalue weighted by Crippen LogP contribution is 2.40. The van der Waals surface area contributed by atoms with Crippen LogP contribution in [0.3, 0.4) is 0 Å². The van der Waals surface area contributed by atoms with Gasteiger partial charge in [0.25, 0.3) is 0 Å².